The summed E-state index contributed by atoms with van der Waals surface area (Å²) < 4.78 is 0. The average molecular weight is 195 g/mol. The summed E-state index contributed by atoms with van der Waals surface area (Å²) in [6, 6.07) is 8.64. The lowest BCUT2D eigenvalue weighted by Crippen LogP contribution is -2.14. The zero-order chi connectivity index (χ0) is 9.84. The van der Waals surface area contributed by atoms with Crippen LogP contribution in [0, 0.1) is 0 Å². The van der Waals surface area contributed by atoms with Crippen LogP contribution < -0.4 is 0 Å². The Kier molecular flexibility index (Phi) is 3.82. The molecule has 1 rings (SSSR count). The summed E-state index contributed by atoms with van der Waals surface area (Å²) in [4.78, 5) is 2.09. The molecular formula is C11H17NS. The lowest BCUT2D eigenvalue weighted by molar-refractivity contribution is 0.393. The lowest BCUT2D eigenvalue weighted by Gasteiger charge is -2.19. The van der Waals surface area contributed by atoms with E-state index in [2.05, 4.69) is 48.7 Å². The van der Waals surface area contributed by atoms with Crippen molar-refractivity contribution in [2.45, 2.75) is 18.7 Å². The highest BCUT2D eigenvalue weighted by molar-refractivity contribution is 7.80. The minimum Gasteiger partial charge on any atom is -0.294 e. The maximum atomic E-state index is 4.50. The minimum atomic E-state index is 0.200. The van der Waals surface area contributed by atoms with Crippen LogP contribution in [0.25, 0.3) is 0 Å². The van der Waals surface area contributed by atoms with Gasteiger partial charge >= 0.3 is 0 Å². The van der Waals surface area contributed by atoms with E-state index in [1.165, 1.54) is 11.1 Å². The molecule has 1 aromatic carbocycles. The summed E-state index contributed by atoms with van der Waals surface area (Å²) in [6.07, 6.45) is 1.10. The molecular weight excluding hydrogens is 178 g/mol. The lowest BCUT2D eigenvalue weighted by atomic mass is 10.1. The van der Waals surface area contributed by atoms with Crippen molar-refractivity contribution >= 4 is 12.6 Å². The first-order valence-corrected chi connectivity index (χ1v) is 5.10. The van der Waals surface area contributed by atoms with Crippen LogP contribution in [0.15, 0.2) is 24.3 Å². The fraction of sp³-hybridized carbons (Fsp3) is 0.455. The van der Waals surface area contributed by atoms with Gasteiger partial charge in [0.25, 0.3) is 0 Å². The standard InChI is InChI=1S/C11H17NS/c1-4-9-5-7-10(8-6-9)11(13)12(2)3/h5-8,11,13H,4H2,1-3H3. The molecule has 0 saturated carbocycles. The van der Waals surface area contributed by atoms with Crippen LogP contribution in [0.2, 0.25) is 0 Å². The number of thiol groups is 1. The van der Waals surface area contributed by atoms with Crippen LogP contribution in [0.4, 0.5) is 0 Å². The average Bonchev–Trinajstić information content (AvgIpc) is 2.17. The van der Waals surface area contributed by atoms with E-state index >= 15 is 0 Å². The molecule has 1 atom stereocenters. The third-order valence-electron chi connectivity index (χ3n) is 2.18. The molecule has 0 aliphatic rings. The fourth-order valence-electron chi connectivity index (χ4n) is 1.22. The second-order valence-electron chi connectivity index (χ2n) is 3.43. The Morgan fingerprint density at radius 3 is 2.15 bits per heavy atom. The van der Waals surface area contributed by atoms with Gasteiger partial charge in [-0.3, -0.25) is 4.90 Å². The predicted molar refractivity (Wildman–Crippen MR) is 61.2 cm³/mol. The van der Waals surface area contributed by atoms with Crippen molar-refractivity contribution in [2.75, 3.05) is 14.1 Å². The van der Waals surface area contributed by atoms with E-state index in [1.807, 2.05) is 14.1 Å². The molecule has 1 aromatic rings. The normalized spacial score (nSPS) is 13.3. The highest BCUT2D eigenvalue weighted by Gasteiger charge is 2.07. The molecule has 0 radical (unpaired) electrons. The van der Waals surface area contributed by atoms with Crippen molar-refractivity contribution < 1.29 is 0 Å². The molecule has 0 spiro atoms. The zero-order valence-corrected chi connectivity index (χ0v) is 9.38. The van der Waals surface area contributed by atoms with Crippen LogP contribution in [-0.4, -0.2) is 19.0 Å². The van der Waals surface area contributed by atoms with Gasteiger partial charge in [-0.25, -0.2) is 0 Å². The summed E-state index contributed by atoms with van der Waals surface area (Å²) in [7, 11) is 4.07. The Hall–Kier alpha value is -0.470. The number of hydrogen-bond acceptors (Lipinski definition) is 2. The van der Waals surface area contributed by atoms with Gasteiger partial charge in [0.05, 0.1) is 5.37 Å². The topological polar surface area (TPSA) is 3.24 Å². The van der Waals surface area contributed by atoms with Crippen molar-refractivity contribution in [2.24, 2.45) is 0 Å². The summed E-state index contributed by atoms with van der Waals surface area (Å²) in [5.41, 5.74) is 2.63. The van der Waals surface area contributed by atoms with Crippen LogP contribution >= 0.6 is 12.6 Å². The van der Waals surface area contributed by atoms with Gasteiger partial charge in [0.1, 0.15) is 0 Å². The van der Waals surface area contributed by atoms with E-state index in [1.54, 1.807) is 0 Å². The summed E-state index contributed by atoms with van der Waals surface area (Å²) in [5.74, 6) is 0. The quantitative estimate of drug-likeness (QED) is 0.573. The molecule has 0 aliphatic carbocycles. The molecule has 0 amide bonds. The molecule has 0 aliphatic heterocycles. The first-order valence-electron chi connectivity index (χ1n) is 4.58. The van der Waals surface area contributed by atoms with E-state index < -0.39 is 0 Å². The Labute approximate surface area is 86.2 Å². The van der Waals surface area contributed by atoms with Crippen molar-refractivity contribution in [1.82, 2.24) is 4.90 Å². The van der Waals surface area contributed by atoms with Gasteiger partial charge in [0.15, 0.2) is 0 Å². The monoisotopic (exact) mass is 195 g/mol. The number of hydrogen-bond donors (Lipinski definition) is 1. The van der Waals surface area contributed by atoms with Crippen molar-refractivity contribution in [3.05, 3.63) is 35.4 Å². The van der Waals surface area contributed by atoms with Crippen molar-refractivity contribution in [3.8, 4) is 0 Å². The van der Waals surface area contributed by atoms with Crippen molar-refractivity contribution in [1.29, 1.82) is 0 Å². The molecule has 72 valence electrons. The highest BCUT2D eigenvalue weighted by Crippen LogP contribution is 2.21. The van der Waals surface area contributed by atoms with Gasteiger partial charge in [-0.15, -0.1) is 0 Å². The fourth-order valence-corrected chi connectivity index (χ4v) is 1.40. The molecule has 0 saturated heterocycles. The SMILES string of the molecule is CCc1ccc(C(S)N(C)C)cc1. The molecule has 0 heterocycles. The molecule has 0 N–H and O–H groups in total. The van der Waals surface area contributed by atoms with Crippen LogP contribution in [-0.2, 0) is 6.42 Å². The number of nitrogens with zero attached hydrogens (tertiary/aromatic N) is 1. The van der Waals surface area contributed by atoms with E-state index in [0.29, 0.717) is 0 Å². The summed E-state index contributed by atoms with van der Waals surface area (Å²) in [5, 5.41) is 0.200. The Bertz CT molecular complexity index is 253. The van der Waals surface area contributed by atoms with Crippen LogP contribution in [0.5, 0.6) is 0 Å². The third kappa shape index (κ3) is 2.75. The predicted octanol–water partition coefficient (Wildman–Crippen LogP) is 2.74. The molecule has 0 fully saturated rings. The van der Waals surface area contributed by atoms with Gasteiger partial charge in [-0.2, -0.15) is 12.6 Å². The van der Waals surface area contributed by atoms with E-state index in [4.69, 9.17) is 0 Å². The van der Waals surface area contributed by atoms with E-state index in [9.17, 15) is 0 Å². The Morgan fingerprint density at radius 1 is 1.23 bits per heavy atom. The maximum absolute atomic E-state index is 4.50. The molecule has 13 heavy (non-hydrogen) atoms. The molecule has 1 nitrogen and oxygen atoms in total. The minimum absolute atomic E-state index is 0.200. The third-order valence-corrected chi connectivity index (χ3v) is 2.94. The van der Waals surface area contributed by atoms with Gasteiger partial charge in [-0.05, 0) is 31.6 Å². The zero-order valence-electron chi connectivity index (χ0n) is 8.49. The van der Waals surface area contributed by atoms with Crippen LogP contribution in [0.3, 0.4) is 0 Å². The Balaban J connectivity index is 2.79. The maximum Gasteiger partial charge on any atom is 0.0779 e. The first-order chi connectivity index (χ1) is 6.15. The van der Waals surface area contributed by atoms with Gasteiger partial charge in [0, 0.05) is 0 Å². The summed E-state index contributed by atoms with van der Waals surface area (Å²) in [6.45, 7) is 2.17. The molecule has 1 unspecified atom stereocenters. The highest BCUT2D eigenvalue weighted by atomic mass is 32.1. The Morgan fingerprint density at radius 2 is 1.77 bits per heavy atom. The van der Waals surface area contributed by atoms with E-state index in [0.717, 1.165) is 6.42 Å². The van der Waals surface area contributed by atoms with Crippen LogP contribution in [0.1, 0.15) is 23.4 Å². The van der Waals surface area contributed by atoms with E-state index in [-0.39, 0.29) is 5.37 Å². The van der Waals surface area contributed by atoms with Gasteiger partial charge in [-0.1, -0.05) is 31.2 Å². The summed E-state index contributed by atoms with van der Waals surface area (Å²) >= 11 is 4.50. The number of aryl methyl sites for hydroxylation is 1. The smallest absolute Gasteiger partial charge is 0.0779 e. The molecule has 2 heteroatoms. The first kappa shape index (κ1) is 10.6. The number of benzene rings is 1. The van der Waals surface area contributed by atoms with Gasteiger partial charge in [0.2, 0.25) is 0 Å². The molecule has 0 aromatic heterocycles. The van der Waals surface area contributed by atoms with Gasteiger partial charge < -0.3 is 0 Å². The van der Waals surface area contributed by atoms with Crippen molar-refractivity contribution in [3.63, 3.8) is 0 Å². The molecule has 0 bridgehead atoms. The largest absolute Gasteiger partial charge is 0.294 e. The second kappa shape index (κ2) is 4.68. The number of rotatable bonds is 3. The second-order valence-corrected chi connectivity index (χ2v) is 3.92.